The Balaban J connectivity index is 1.02. The van der Waals surface area contributed by atoms with E-state index in [1.165, 1.54) is 82.2 Å². The van der Waals surface area contributed by atoms with Crippen molar-refractivity contribution in [2.75, 3.05) is 0 Å². The quantitative estimate of drug-likeness (QED) is 0.177. The van der Waals surface area contributed by atoms with Gasteiger partial charge in [0, 0.05) is 43.4 Å². The largest absolute Gasteiger partial charge is 0.456 e. The number of aromatic nitrogens is 3. The van der Waals surface area contributed by atoms with Gasteiger partial charge >= 0.3 is 0 Å². The molecule has 0 unspecified atom stereocenters. The Morgan fingerprint density at radius 2 is 0.741 bits per heavy atom. The molecule has 0 aliphatic rings. The van der Waals surface area contributed by atoms with E-state index in [1.807, 2.05) is 6.07 Å². The average molecular weight is 740 g/mol. The van der Waals surface area contributed by atoms with Crippen LogP contribution < -0.4 is 0 Å². The van der Waals surface area contributed by atoms with Crippen LogP contribution in [0.4, 0.5) is 0 Å². The monoisotopic (exact) mass is 739 g/mol. The summed E-state index contributed by atoms with van der Waals surface area (Å²) in [6.07, 6.45) is 0. The molecule has 0 saturated carbocycles. The summed E-state index contributed by atoms with van der Waals surface area (Å²) >= 11 is 0. The second kappa shape index (κ2) is 11.8. The van der Waals surface area contributed by atoms with Crippen molar-refractivity contribution < 1.29 is 4.42 Å². The van der Waals surface area contributed by atoms with Gasteiger partial charge in [-0.2, -0.15) is 0 Å². The fourth-order valence-electron chi connectivity index (χ4n) is 9.81. The van der Waals surface area contributed by atoms with Crippen LogP contribution in [0.2, 0.25) is 0 Å². The van der Waals surface area contributed by atoms with Crippen LogP contribution >= 0.6 is 0 Å². The minimum absolute atomic E-state index is 0.895. The van der Waals surface area contributed by atoms with Crippen molar-refractivity contribution >= 4 is 87.4 Å². The molecule has 0 radical (unpaired) electrons. The van der Waals surface area contributed by atoms with E-state index in [0.29, 0.717) is 0 Å². The lowest BCUT2D eigenvalue weighted by Gasteiger charge is -2.12. The Hall–Kier alpha value is -7.82. The number of hydrogen-bond donors (Lipinski definition) is 0. The molecule has 13 rings (SSSR count). The molecule has 4 nitrogen and oxygen atoms in total. The molecule has 13 aromatic rings. The first-order valence-electron chi connectivity index (χ1n) is 19.9. The summed E-state index contributed by atoms with van der Waals surface area (Å²) in [6, 6.07) is 72.5. The number of fused-ring (bicyclic) bond motifs is 12. The summed E-state index contributed by atoms with van der Waals surface area (Å²) in [4.78, 5) is 0. The van der Waals surface area contributed by atoms with E-state index >= 15 is 0 Å². The van der Waals surface area contributed by atoms with Crippen molar-refractivity contribution in [3.05, 3.63) is 200 Å². The number of benzene rings is 9. The van der Waals surface area contributed by atoms with Crippen LogP contribution in [0.25, 0.3) is 116 Å². The van der Waals surface area contributed by atoms with E-state index in [1.54, 1.807) is 0 Å². The first-order valence-corrected chi connectivity index (χ1v) is 19.9. The van der Waals surface area contributed by atoms with Gasteiger partial charge in [0.25, 0.3) is 0 Å². The summed E-state index contributed by atoms with van der Waals surface area (Å²) in [7, 11) is 0. The zero-order chi connectivity index (χ0) is 37.9. The molecule has 0 atom stereocenters. The zero-order valence-corrected chi connectivity index (χ0v) is 31.3. The number of nitrogens with zero attached hydrogens (tertiary/aromatic N) is 3. The van der Waals surface area contributed by atoms with Gasteiger partial charge < -0.3 is 18.1 Å². The third-order valence-electron chi connectivity index (χ3n) is 12.2. The van der Waals surface area contributed by atoms with Crippen LogP contribution in [0, 0.1) is 0 Å². The number of furan rings is 1. The van der Waals surface area contributed by atoms with Crippen molar-refractivity contribution in [3.8, 4) is 28.2 Å². The highest BCUT2D eigenvalue weighted by Crippen LogP contribution is 2.43. The molecule has 0 aliphatic heterocycles. The lowest BCUT2D eigenvalue weighted by Crippen LogP contribution is -1.96. The second-order valence-corrected chi connectivity index (χ2v) is 15.3. The van der Waals surface area contributed by atoms with Crippen LogP contribution in [-0.2, 0) is 0 Å². The highest BCUT2D eigenvalue weighted by Gasteiger charge is 2.21. The average Bonchev–Trinajstić information content (AvgIpc) is 4.03. The van der Waals surface area contributed by atoms with Crippen molar-refractivity contribution in [2.24, 2.45) is 0 Å². The topological polar surface area (TPSA) is 27.9 Å². The van der Waals surface area contributed by atoms with Crippen molar-refractivity contribution in [3.63, 3.8) is 0 Å². The lowest BCUT2D eigenvalue weighted by atomic mass is 10.0. The Labute approximate surface area is 332 Å². The molecule has 0 bridgehead atoms. The van der Waals surface area contributed by atoms with Crippen LogP contribution in [-0.4, -0.2) is 13.7 Å². The molecule has 9 aromatic carbocycles. The summed E-state index contributed by atoms with van der Waals surface area (Å²) in [5.74, 6) is 0. The van der Waals surface area contributed by atoms with Gasteiger partial charge in [-0.1, -0.05) is 115 Å². The van der Waals surface area contributed by atoms with Gasteiger partial charge in [-0.05, 0) is 96.1 Å². The summed E-state index contributed by atoms with van der Waals surface area (Å²) in [5.41, 5.74) is 14.8. The molecule has 0 spiro atoms. The third kappa shape index (κ3) is 4.29. The van der Waals surface area contributed by atoms with E-state index < -0.39 is 0 Å². The highest BCUT2D eigenvalue weighted by atomic mass is 16.3. The molecule has 0 amide bonds. The molecule has 0 saturated heterocycles. The van der Waals surface area contributed by atoms with Crippen molar-refractivity contribution in [2.45, 2.75) is 0 Å². The maximum absolute atomic E-state index is 6.33. The Morgan fingerprint density at radius 1 is 0.276 bits per heavy atom. The first-order chi connectivity index (χ1) is 28.8. The maximum atomic E-state index is 6.33. The molecule has 0 aliphatic carbocycles. The van der Waals surface area contributed by atoms with E-state index in [2.05, 4.69) is 208 Å². The predicted molar refractivity (Wildman–Crippen MR) is 242 cm³/mol. The Bertz CT molecular complexity index is 3800. The molecule has 4 aromatic heterocycles. The summed E-state index contributed by atoms with van der Waals surface area (Å²) in [6.45, 7) is 0. The van der Waals surface area contributed by atoms with Gasteiger partial charge in [-0.3, -0.25) is 0 Å². The predicted octanol–water partition coefficient (Wildman–Crippen LogP) is 14.5. The fourth-order valence-corrected chi connectivity index (χ4v) is 9.81. The van der Waals surface area contributed by atoms with E-state index in [-0.39, 0.29) is 0 Å². The molecular formula is C54H33N3O. The molecule has 270 valence electrons. The molecule has 58 heavy (non-hydrogen) atoms. The van der Waals surface area contributed by atoms with Gasteiger partial charge in [0.15, 0.2) is 0 Å². The van der Waals surface area contributed by atoms with Gasteiger partial charge in [0.05, 0.1) is 49.9 Å². The van der Waals surface area contributed by atoms with Gasteiger partial charge in [0.1, 0.15) is 11.2 Å². The van der Waals surface area contributed by atoms with Crippen LogP contribution in [0.15, 0.2) is 205 Å². The van der Waals surface area contributed by atoms with E-state index in [4.69, 9.17) is 4.42 Å². The molecule has 4 heteroatoms. The van der Waals surface area contributed by atoms with Gasteiger partial charge in [-0.15, -0.1) is 0 Å². The zero-order valence-electron chi connectivity index (χ0n) is 31.3. The lowest BCUT2D eigenvalue weighted by molar-refractivity contribution is 0.669. The van der Waals surface area contributed by atoms with Gasteiger partial charge in [0.2, 0.25) is 0 Å². The first kappa shape index (κ1) is 31.4. The number of rotatable bonds is 4. The second-order valence-electron chi connectivity index (χ2n) is 15.3. The molecule has 0 N–H and O–H groups in total. The Kier molecular flexibility index (Phi) is 6.41. The van der Waals surface area contributed by atoms with Crippen LogP contribution in [0.5, 0.6) is 0 Å². The fraction of sp³-hybridized carbons (Fsp3) is 0. The smallest absolute Gasteiger partial charge is 0.137 e. The number of para-hydroxylation sites is 5. The standard InChI is InChI=1S/C54H33N3O/c1-2-14-36(15-3-1)55-45-22-10-6-18-39(45)53-48(55)23-12-24-49(53)56-43-20-8-4-16-37(43)41-32-34(28-30-46(41)56)35-29-31-47-42(33-35)38-17-5-9-21-44(38)57(47)50-25-13-27-52-54(50)40-19-7-11-26-51(40)58-52/h1-33H. The number of hydrogen-bond acceptors (Lipinski definition) is 1. The highest BCUT2D eigenvalue weighted by molar-refractivity contribution is 6.18. The summed E-state index contributed by atoms with van der Waals surface area (Å²) < 4.78 is 13.6. The molecule has 4 heterocycles. The van der Waals surface area contributed by atoms with Crippen molar-refractivity contribution in [1.29, 1.82) is 0 Å². The van der Waals surface area contributed by atoms with Crippen LogP contribution in [0.3, 0.4) is 0 Å². The van der Waals surface area contributed by atoms with Gasteiger partial charge in [-0.25, -0.2) is 0 Å². The van der Waals surface area contributed by atoms with E-state index in [9.17, 15) is 0 Å². The van der Waals surface area contributed by atoms with Crippen LogP contribution in [0.1, 0.15) is 0 Å². The normalized spacial score (nSPS) is 12.1. The maximum Gasteiger partial charge on any atom is 0.137 e. The molecular weight excluding hydrogens is 707 g/mol. The third-order valence-corrected chi connectivity index (χ3v) is 12.2. The minimum atomic E-state index is 0.895. The van der Waals surface area contributed by atoms with Crippen molar-refractivity contribution in [1.82, 2.24) is 13.7 Å². The Morgan fingerprint density at radius 3 is 1.40 bits per heavy atom. The summed E-state index contributed by atoms with van der Waals surface area (Å²) in [5, 5.41) is 9.66. The van der Waals surface area contributed by atoms with E-state index in [0.717, 1.165) is 33.3 Å². The molecule has 0 fully saturated rings. The SMILES string of the molecule is c1ccc(-n2c3ccccc3c3c(-n4c5ccccc5c5cc(-c6ccc7c(c6)c6ccccc6n7-c6cccc7oc8ccccc8c67)ccc54)cccc32)cc1. The minimum Gasteiger partial charge on any atom is -0.456 e.